The smallest absolute Gasteiger partial charge is 0.254 e. The van der Waals surface area contributed by atoms with Gasteiger partial charge in [0.05, 0.1) is 0 Å². The van der Waals surface area contributed by atoms with E-state index in [1.807, 2.05) is 0 Å². The molecule has 0 N–H and O–H groups in total. The van der Waals surface area contributed by atoms with Crippen molar-refractivity contribution in [2.45, 2.75) is 13.3 Å². The van der Waals surface area contributed by atoms with Gasteiger partial charge in [-0.2, -0.15) is 0 Å². The van der Waals surface area contributed by atoms with Crippen LogP contribution in [0.15, 0.2) is 36.4 Å². The molecule has 2 aromatic rings. The van der Waals surface area contributed by atoms with Crippen molar-refractivity contribution in [2.75, 3.05) is 32.7 Å². The van der Waals surface area contributed by atoms with Gasteiger partial charge in [0.1, 0.15) is 11.6 Å². The summed E-state index contributed by atoms with van der Waals surface area (Å²) >= 11 is 0. The molecule has 3 rings (SSSR count). The molecule has 0 unspecified atom stereocenters. The Labute approximate surface area is 158 Å². The summed E-state index contributed by atoms with van der Waals surface area (Å²) in [7, 11) is 0. The lowest BCUT2D eigenvalue weighted by Crippen LogP contribution is -2.48. The van der Waals surface area contributed by atoms with Gasteiger partial charge < -0.3 is 4.90 Å². The predicted octanol–water partition coefficient (Wildman–Crippen LogP) is 3.72. The summed E-state index contributed by atoms with van der Waals surface area (Å²) in [6.07, 6.45) is 5.98. The normalized spacial score (nSPS) is 14.8. The third-order valence-electron chi connectivity index (χ3n) is 4.93. The number of hydrogen-bond acceptors (Lipinski definition) is 2. The molecule has 0 spiro atoms. The fraction of sp³-hybridized carbons (Fsp3) is 0.318. The van der Waals surface area contributed by atoms with Gasteiger partial charge in [0.15, 0.2) is 0 Å². The van der Waals surface area contributed by atoms with Gasteiger partial charge >= 0.3 is 0 Å². The summed E-state index contributed by atoms with van der Waals surface area (Å²) in [6, 6.07) is 8.72. The van der Waals surface area contributed by atoms with E-state index in [4.69, 9.17) is 6.42 Å². The van der Waals surface area contributed by atoms with E-state index in [0.717, 1.165) is 19.6 Å². The number of rotatable bonds is 4. The van der Waals surface area contributed by atoms with Gasteiger partial charge in [-0.3, -0.25) is 9.69 Å². The summed E-state index contributed by atoms with van der Waals surface area (Å²) in [5, 5.41) is 0. The molecule has 0 aliphatic carbocycles. The highest BCUT2D eigenvalue weighted by Crippen LogP contribution is 2.27. The zero-order valence-corrected chi connectivity index (χ0v) is 15.3. The van der Waals surface area contributed by atoms with E-state index >= 15 is 0 Å². The fourth-order valence-corrected chi connectivity index (χ4v) is 3.38. The highest BCUT2D eigenvalue weighted by Gasteiger charge is 2.22. The molecule has 1 aliphatic rings. The van der Waals surface area contributed by atoms with Crippen molar-refractivity contribution in [1.82, 2.24) is 9.80 Å². The summed E-state index contributed by atoms with van der Waals surface area (Å²) in [4.78, 5) is 16.7. The molecule has 27 heavy (non-hydrogen) atoms. The zero-order valence-electron chi connectivity index (χ0n) is 15.3. The van der Waals surface area contributed by atoms with Gasteiger partial charge in [-0.1, -0.05) is 12.1 Å². The average molecular weight is 368 g/mol. The number of carbonyl (C=O) groups is 1. The van der Waals surface area contributed by atoms with Crippen molar-refractivity contribution in [1.29, 1.82) is 0 Å². The molecule has 0 saturated carbocycles. The maximum Gasteiger partial charge on any atom is 0.254 e. The number of nitrogens with zero attached hydrogens (tertiary/aromatic N) is 2. The van der Waals surface area contributed by atoms with Crippen LogP contribution >= 0.6 is 0 Å². The van der Waals surface area contributed by atoms with Crippen molar-refractivity contribution in [3.63, 3.8) is 0 Å². The van der Waals surface area contributed by atoms with Gasteiger partial charge in [-0.15, -0.1) is 12.3 Å². The highest BCUT2D eigenvalue weighted by molar-refractivity contribution is 5.95. The third-order valence-corrected chi connectivity index (χ3v) is 4.93. The monoisotopic (exact) mass is 368 g/mol. The van der Waals surface area contributed by atoms with E-state index in [1.54, 1.807) is 30.0 Å². The number of benzene rings is 2. The second kappa shape index (κ2) is 8.32. The van der Waals surface area contributed by atoms with Crippen molar-refractivity contribution in [3.8, 4) is 23.5 Å². The summed E-state index contributed by atoms with van der Waals surface area (Å²) in [5.41, 5.74) is 1.96. The summed E-state index contributed by atoms with van der Waals surface area (Å²) in [5.74, 6) is 1.61. The van der Waals surface area contributed by atoms with E-state index in [-0.39, 0.29) is 11.7 Å². The second-order valence-corrected chi connectivity index (χ2v) is 6.74. The number of amides is 1. The Morgan fingerprint density at radius 1 is 1.07 bits per heavy atom. The Balaban J connectivity index is 1.72. The highest BCUT2D eigenvalue weighted by atomic mass is 19.1. The van der Waals surface area contributed by atoms with E-state index in [9.17, 15) is 13.6 Å². The van der Waals surface area contributed by atoms with Crippen LogP contribution in [-0.4, -0.2) is 48.4 Å². The Morgan fingerprint density at radius 3 is 2.41 bits per heavy atom. The van der Waals surface area contributed by atoms with E-state index < -0.39 is 5.82 Å². The molecule has 5 heteroatoms. The van der Waals surface area contributed by atoms with Gasteiger partial charge in [0.25, 0.3) is 5.91 Å². The largest absolute Gasteiger partial charge is 0.336 e. The Kier molecular flexibility index (Phi) is 5.88. The Hall–Kier alpha value is -2.71. The minimum atomic E-state index is -0.483. The maximum absolute atomic E-state index is 14.7. The van der Waals surface area contributed by atoms with Crippen LogP contribution in [0.1, 0.15) is 22.3 Å². The van der Waals surface area contributed by atoms with Crippen molar-refractivity contribution >= 4 is 5.91 Å². The fourth-order valence-electron chi connectivity index (χ4n) is 3.38. The van der Waals surface area contributed by atoms with Crippen LogP contribution in [0, 0.1) is 30.9 Å². The van der Waals surface area contributed by atoms with Crippen LogP contribution < -0.4 is 0 Å². The van der Waals surface area contributed by atoms with E-state index in [2.05, 4.69) is 10.8 Å². The van der Waals surface area contributed by atoms with Crippen LogP contribution in [0.5, 0.6) is 0 Å². The molecule has 0 bridgehead atoms. The first-order valence-electron chi connectivity index (χ1n) is 9.01. The maximum atomic E-state index is 14.7. The molecule has 2 aromatic carbocycles. The van der Waals surface area contributed by atoms with Gasteiger partial charge in [0.2, 0.25) is 0 Å². The van der Waals surface area contributed by atoms with Crippen molar-refractivity contribution in [2.24, 2.45) is 0 Å². The summed E-state index contributed by atoms with van der Waals surface area (Å²) in [6.45, 7) is 5.30. The van der Waals surface area contributed by atoms with E-state index in [0.29, 0.717) is 41.8 Å². The topological polar surface area (TPSA) is 23.6 Å². The molecule has 0 radical (unpaired) electrons. The molecule has 1 aliphatic heterocycles. The molecular weight excluding hydrogens is 346 g/mol. The average Bonchev–Trinajstić information content (AvgIpc) is 2.67. The molecule has 0 atom stereocenters. The Bertz CT molecular complexity index is 880. The number of carbonyl (C=O) groups excluding carboxylic acids is 1. The standard InChI is InChI=1S/C22H22F2N2O/c1-3-4-9-25-10-12-26(13-11-25)22(27)17-5-7-20(21(24)15-17)19-8-6-18(23)14-16(19)2/h1,5-8,14-15H,4,9-13H2,2H3. The summed E-state index contributed by atoms with van der Waals surface area (Å²) < 4.78 is 27.9. The van der Waals surface area contributed by atoms with Crippen LogP contribution in [0.25, 0.3) is 11.1 Å². The number of aryl methyl sites for hydroxylation is 1. The van der Waals surface area contributed by atoms with Crippen LogP contribution in [0.3, 0.4) is 0 Å². The van der Waals surface area contributed by atoms with Gasteiger partial charge in [-0.25, -0.2) is 8.78 Å². The lowest BCUT2D eigenvalue weighted by Gasteiger charge is -2.34. The Morgan fingerprint density at radius 2 is 1.78 bits per heavy atom. The number of hydrogen-bond donors (Lipinski definition) is 0. The molecule has 1 fully saturated rings. The molecule has 1 amide bonds. The molecule has 3 nitrogen and oxygen atoms in total. The van der Waals surface area contributed by atoms with Crippen molar-refractivity contribution < 1.29 is 13.6 Å². The first kappa shape index (κ1) is 19.1. The van der Waals surface area contributed by atoms with Crippen molar-refractivity contribution in [3.05, 3.63) is 59.2 Å². The first-order valence-corrected chi connectivity index (χ1v) is 9.01. The molecule has 1 heterocycles. The SMILES string of the molecule is C#CCCN1CCN(C(=O)c2ccc(-c3ccc(F)cc3C)c(F)c2)CC1. The number of piperazine rings is 1. The lowest BCUT2D eigenvalue weighted by molar-refractivity contribution is 0.0639. The van der Waals surface area contributed by atoms with E-state index in [1.165, 1.54) is 18.2 Å². The molecular formula is C22H22F2N2O. The number of terminal acetylenes is 1. The third kappa shape index (κ3) is 4.35. The minimum absolute atomic E-state index is 0.173. The predicted molar refractivity (Wildman–Crippen MR) is 102 cm³/mol. The zero-order chi connectivity index (χ0) is 19.4. The first-order chi connectivity index (χ1) is 13.0. The molecule has 0 aromatic heterocycles. The molecule has 1 saturated heterocycles. The minimum Gasteiger partial charge on any atom is -0.336 e. The van der Waals surface area contributed by atoms with Crippen LogP contribution in [0.4, 0.5) is 8.78 Å². The quantitative estimate of drug-likeness (QED) is 0.768. The van der Waals surface area contributed by atoms with Gasteiger partial charge in [0, 0.05) is 50.3 Å². The number of halogens is 2. The van der Waals surface area contributed by atoms with Crippen LogP contribution in [0.2, 0.25) is 0 Å². The van der Waals surface area contributed by atoms with Crippen LogP contribution in [-0.2, 0) is 0 Å². The lowest BCUT2D eigenvalue weighted by atomic mass is 9.98. The molecule has 140 valence electrons. The second-order valence-electron chi connectivity index (χ2n) is 6.74. The van der Waals surface area contributed by atoms with Gasteiger partial charge in [-0.05, 0) is 42.3 Å².